The van der Waals surface area contributed by atoms with Crippen molar-refractivity contribution in [3.8, 4) is 0 Å². The lowest BCUT2D eigenvalue weighted by molar-refractivity contribution is -0.139. The topological polar surface area (TPSA) is 75.4 Å². The molecule has 1 rings (SSSR count). The second-order valence-electron chi connectivity index (χ2n) is 2.57. The maximum atomic E-state index is 10.3. The molecule has 0 aromatic rings. The minimum Gasteiger partial charge on any atom is -0.480 e. The number of carbonyl (C=O) groups is 1. The number of hydrogen-bond acceptors (Lipinski definition) is 3. The van der Waals surface area contributed by atoms with Crippen molar-refractivity contribution in [2.24, 2.45) is 5.73 Å². The second-order valence-corrected chi connectivity index (χ2v) is 2.57. The number of hydrogen-bond donors (Lipinski definition) is 3. The number of nitrogens with two attached hydrogens (primary N) is 1. The summed E-state index contributed by atoms with van der Waals surface area (Å²) in [6.45, 7) is 0.894. The SMILES string of the molecule is NC(C(=O)O)C1CCCN1. The second kappa shape index (κ2) is 2.98. The molecule has 1 saturated heterocycles. The molecule has 1 heterocycles. The molecule has 0 aliphatic carbocycles. The molecular formula is C6H12N2O2. The van der Waals surface area contributed by atoms with Crippen molar-refractivity contribution in [2.45, 2.75) is 24.9 Å². The third-order valence-electron chi connectivity index (χ3n) is 1.82. The van der Waals surface area contributed by atoms with E-state index in [0.717, 1.165) is 19.4 Å². The summed E-state index contributed by atoms with van der Waals surface area (Å²) in [5, 5.41) is 11.5. The Kier molecular flexibility index (Phi) is 2.24. The molecule has 0 saturated carbocycles. The zero-order valence-corrected chi connectivity index (χ0v) is 5.71. The molecule has 2 atom stereocenters. The van der Waals surface area contributed by atoms with Crippen molar-refractivity contribution in [2.75, 3.05) is 6.54 Å². The predicted molar refractivity (Wildman–Crippen MR) is 36.6 cm³/mol. The van der Waals surface area contributed by atoms with Gasteiger partial charge in [0.1, 0.15) is 6.04 Å². The van der Waals surface area contributed by atoms with Crippen LogP contribution in [-0.2, 0) is 4.79 Å². The van der Waals surface area contributed by atoms with Crippen LogP contribution in [0.1, 0.15) is 12.8 Å². The molecule has 4 N–H and O–H groups in total. The van der Waals surface area contributed by atoms with Gasteiger partial charge in [-0.3, -0.25) is 4.79 Å². The van der Waals surface area contributed by atoms with E-state index in [1.54, 1.807) is 0 Å². The fraction of sp³-hybridized carbons (Fsp3) is 0.833. The van der Waals surface area contributed by atoms with Crippen LogP contribution in [0.2, 0.25) is 0 Å². The van der Waals surface area contributed by atoms with Gasteiger partial charge in [-0.2, -0.15) is 0 Å². The summed E-state index contributed by atoms with van der Waals surface area (Å²) in [5.41, 5.74) is 5.36. The lowest BCUT2D eigenvalue weighted by Gasteiger charge is -2.13. The molecule has 1 aliphatic heterocycles. The van der Waals surface area contributed by atoms with E-state index in [4.69, 9.17) is 10.8 Å². The van der Waals surface area contributed by atoms with Gasteiger partial charge in [-0.25, -0.2) is 0 Å². The highest BCUT2D eigenvalue weighted by molar-refractivity contribution is 5.74. The first-order chi connectivity index (χ1) is 4.72. The lowest BCUT2D eigenvalue weighted by atomic mass is 10.1. The first kappa shape index (κ1) is 7.50. The van der Waals surface area contributed by atoms with Crippen molar-refractivity contribution in [1.29, 1.82) is 0 Å². The van der Waals surface area contributed by atoms with E-state index in [-0.39, 0.29) is 6.04 Å². The average Bonchev–Trinajstić information content (AvgIpc) is 2.36. The Bertz CT molecular complexity index is 132. The van der Waals surface area contributed by atoms with E-state index in [9.17, 15) is 4.79 Å². The van der Waals surface area contributed by atoms with Gasteiger partial charge in [-0.15, -0.1) is 0 Å². The quantitative estimate of drug-likeness (QED) is 0.472. The van der Waals surface area contributed by atoms with Gasteiger partial charge in [0.05, 0.1) is 0 Å². The van der Waals surface area contributed by atoms with Gasteiger partial charge in [0.25, 0.3) is 0 Å². The molecule has 10 heavy (non-hydrogen) atoms. The molecule has 0 amide bonds. The molecule has 0 bridgehead atoms. The summed E-state index contributed by atoms with van der Waals surface area (Å²) < 4.78 is 0. The van der Waals surface area contributed by atoms with E-state index >= 15 is 0 Å². The lowest BCUT2D eigenvalue weighted by Crippen LogP contribution is -2.46. The number of nitrogens with one attached hydrogen (secondary N) is 1. The third kappa shape index (κ3) is 1.46. The highest BCUT2D eigenvalue weighted by atomic mass is 16.4. The van der Waals surface area contributed by atoms with Crippen LogP contribution in [0.3, 0.4) is 0 Å². The predicted octanol–water partition coefficient (Wildman–Crippen LogP) is -0.850. The van der Waals surface area contributed by atoms with Crippen molar-refractivity contribution in [3.63, 3.8) is 0 Å². The molecule has 4 heteroatoms. The van der Waals surface area contributed by atoms with Crippen LogP contribution in [0.5, 0.6) is 0 Å². The zero-order valence-electron chi connectivity index (χ0n) is 5.71. The number of aliphatic carboxylic acids is 1. The van der Waals surface area contributed by atoms with Gasteiger partial charge in [-0.05, 0) is 19.4 Å². The van der Waals surface area contributed by atoms with E-state index < -0.39 is 12.0 Å². The largest absolute Gasteiger partial charge is 0.480 e. The van der Waals surface area contributed by atoms with Crippen LogP contribution in [0, 0.1) is 0 Å². The van der Waals surface area contributed by atoms with Crippen LogP contribution in [-0.4, -0.2) is 29.7 Å². The minimum atomic E-state index is -0.917. The Morgan fingerprint density at radius 1 is 1.80 bits per heavy atom. The highest BCUT2D eigenvalue weighted by Crippen LogP contribution is 2.07. The summed E-state index contributed by atoms with van der Waals surface area (Å²) in [5.74, 6) is -0.917. The summed E-state index contributed by atoms with van der Waals surface area (Å²) in [6.07, 6.45) is 1.92. The van der Waals surface area contributed by atoms with Gasteiger partial charge in [-0.1, -0.05) is 0 Å². The molecule has 0 aromatic carbocycles. The smallest absolute Gasteiger partial charge is 0.322 e. The van der Waals surface area contributed by atoms with Gasteiger partial charge >= 0.3 is 5.97 Å². The molecule has 1 aliphatic rings. The first-order valence-corrected chi connectivity index (χ1v) is 3.43. The molecule has 4 nitrogen and oxygen atoms in total. The van der Waals surface area contributed by atoms with E-state index in [0.29, 0.717) is 0 Å². The van der Waals surface area contributed by atoms with Crippen molar-refractivity contribution in [1.82, 2.24) is 5.32 Å². The molecule has 0 radical (unpaired) electrons. The first-order valence-electron chi connectivity index (χ1n) is 3.43. The highest BCUT2D eigenvalue weighted by Gasteiger charge is 2.26. The molecule has 0 aromatic heterocycles. The summed E-state index contributed by atoms with van der Waals surface area (Å²) >= 11 is 0. The molecular weight excluding hydrogens is 132 g/mol. The van der Waals surface area contributed by atoms with Gasteiger partial charge in [0.15, 0.2) is 0 Å². The van der Waals surface area contributed by atoms with Crippen molar-refractivity contribution < 1.29 is 9.90 Å². The fourth-order valence-corrected chi connectivity index (χ4v) is 1.19. The molecule has 58 valence electrons. The van der Waals surface area contributed by atoms with E-state index in [1.165, 1.54) is 0 Å². The number of carboxylic acid groups (broad SMARTS) is 1. The summed E-state index contributed by atoms with van der Waals surface area (Å²) in [4.78, 5) is 10.3. The summed E-state index contributed by atoms with van der Waals surface area (Å²) in [6, 6.07) is -0.750. The maximum absolute atomic E-state index is 10.3. The average molecular weight is 144 g/mol. The summed E-state index contributed by atoms with van der Waals surface area (Å²) in [7, 11) is 0. The van der Waals surface area contributed by atoms with Crippen molar-refractivity contribution in [3.05, 3.63) is 0 Å². The van der Waals surface area contributed by atoms with Crippen LogP contribution < -0.4 is 11.1 Å². The van der Waals surface area contributed by atoms with E-state index in [1.807, 2.05) is 0 Å². The fourth-order valence-electron chi connectivity index (χ4n) is 1.19. The normalized spacial score (nSPS) is 28.3. The standard InChI is InChI=1S/C6H12N2O2/c7-5(6(9)10)4-2-1-3-8-4/h4-5,8H,1-3,7H2,(H,9,10). The van der Waals surface area contributed by atoms with Gasteiger partial charge in [0.2, 0.25) is 0 Å². The Morgan fingerprint density at radius 2 is 2.50 bits per heavy atom. The van der Waals surface area contributed by atoms with Crippen LogP contribution in [0.4, 0.5) is 0 Å². The monoisotopic (exact) mass is 144 g/mol. The molecule has 2 unspecified atom stereocenters. The number of carboxylic acids is 1. The van der Waals surface area contributed by atoms with Crippen LogP contribution in [0.25, 0.3) is 0 Å². The molecule has 1 fully saturated rings. The van der Waals surface area contributed by atoms with Gasteiger partial charge in [0, 0.05) is 6.04 Å². The Hall–Kier alpha value is -0.610. The third-order valence-corrected chi connectivity index (χ3v) is 1.82. The Balaban J connectivity index is 2.39. The van der Waals surface area contributed by atoms with Crippen LogP contribution >= 0.6 is 0 Å². The van der Waals surface area contributed by atoms with E-state index in [2.05, 4.69) is 5.32 Å². The van der Waals surface area contributed by atoms with Gasteiger partial charge < -0.3 is 16.2 Å². The maximum Gasteiger partial charge on any atom is 0.322 e. The van der Waals surface area contributed by atoms with Crippen molar-refractivity contribution >= 4 is 5.97 Å². The molecule has 0 spiro atoms. The minimum absolute atomic E-state index is 0.0162. The number of rotatable bonds is 2. The Morgan fingerprint density at radius 3 is 2.90 bits per heavy atom. The zero-order chi connectivity index (χ0) is 7.56. The van der Waals surface area contributed by atoms with Crippen LogP contribution in [0.15, 0.2) is 0 Å². The Labute approximate surface area is 59.4 Å².